The van der Waals surface area contributed by atoms with Gasteiger partial charge in [-0.3, -0.25) is 0 Å². The molecule has 2 saturated heterocycles. The van der Waals surface area contributed by atoms with Crippen LogP contribution in [-0.2, 0) is 14.2 Å². The number of hydrogen-bond acceptors (Lipinski definition) is 5. The predicted molar refractivity (Wildman–Crippen MR) is 103 cm³/mol. The summed E-state index contributed by atoms with van der Waals surface area (Å²) in [6.07, 6.45) is 7.95. The topological polar surface area (TPSA) is 49.0 Å². The summed E-state index contributed by atoms with van der Waals surface area (Å²) in [6, 6.07) is 8.53. The molecule has 0 aromatic heterocycles. The molecule has 3 aliphatic rings. The van der Waals surface area contributed by atoms with Crippen molar-refractivity contribution >= 4 is 0 Å². The minimum Gasteiger partial charge on any atom is -0.494 e. The molecule has 2 atom stereocenters. The second-order valence-electron chi connectivity index (χ2n) is 7.00. The molecule has 0 spiro atoms. The van der Waals surface area contributed by atoms with Gasteiger partial charge in [0.05, 0.1) is 13.2 Å². The average molecular weight is 369 g/mol. The molecule has 0 amide bonds. The van der Waals surface area contributed by atoms with E-state index < -0.39 is 0 Å². The zero-order valence-electron chi connectivity index (χ0n) is 15.8. The number of allylic oxidation sites excluding steroid dienone is 3. The highest BCUT2D eigenvalue weighted by molar-refractivity contribution is 5.33. The summed E-state index contributed by atoms with van der Waals surface area (Å²) in [5, 5.41) is 3.51. The number of piperidine rings is 1. The first-order chi connectivity index (χ1) is 13.3. The van der Waals surface area contributed by atoms with Crippen LogP contribution in [0.25, 0.3) is 0 Å². The Morgan fingerprint density at radius 2 is 1.93 bits per heavy atom. The Labute approximate surface area is 160 Å². The molecule has 1 aromatic rings. The summed E-state index contributed by atoms with van der Waals surface area (Å²) in [5.41, 5.74) is 1.36. The molecule has 144 valence electrons. The van der Waals surface area contributed by atoms with E-state index in [1.165, 1.54) is 5.56 Å². The highest BCUT2D eigenvalue weighted by Gasteiger charge is 2.27. The maximum Gasteiger partial charge on any atom is 0.231 e. The van der Waals surface area contributed by atoms with Gasteiger partial charge in [-0.2, -0.15) is 0 Å². The largest absolute Gasteiger partial charge is 0.494 e. The van der Waals surface area contributed by atoms with Crippen LogP contribution in [0.1, 0.15) is 31.2 Å². The van der Waals surface area contributed by atoms with Crippen LogP contribution >= 0.6 is 0 Å². The van der Waals surface area contributed by atoms with E-state index in [9.17, 15) is 0 Å². The molecule has 2 aliphatic heterocycles. The Bertz CT molecular complexity index is 735. The lowest BCUT2D eigenvalue weighted by Gasteiger charge is -2.32. The van der Waals surface area contributed by atoms with Gasteiger partial charge in [0, 0.05) is 18.5 Å². The van der Waals surface area contributed by atoms with Crippen LogP contribution in [0.2, 0.25) is 0 Å². The first-order valence-electron chi connectivity index (χ1n) is 9.77. The van der Waals surface area contributed by atoms with Crippen molar-refractivity contribution in [2.45, 2.75) is 25.7 Å². The normalized spacial score (nSPS) is 24.4. The van der Waals surface area contributed by atoms with E-state index in [-0.39, 0.29) is 6.79 Å². The third kappa shape index (κ3) is 4.30. The minimum atomic E-state index is 0.289. The van der Waals surface area contributed by atoms with Crippen molar-refractivity contribution in [3.8, 4) is 5.75 Å². The molecule has 2 heterocycles. The summed E-state index contributed by atoms with van der Waals surface area (Å²) >= 11 is 0. The van der Waals surface area contributed by atoms with Crippen molar-refractivity contribution in [2.24, 2.45) is 5.92 Å². The summed E-state index contributed by atoms with van der Waals surface area (Å²) in [4.78, 5) is 0. The predicted octanol–water partition coefficient (Wildman–Crippen LogP) is 3.85. The molecule has 0 unspecified atom stereocenters. The van der Waals surface area contributed by atoms with Crippen molar-refractivity contribution in [1.82, 2.24) is 5.32 Å². The van der Waals surface area contributed by atoms with E-state index in [0.717, 1.165) is 49.0 Å². The lowest BCUT2D eigenvalue weighted by atomic mass is 9.81. The van der Waals surface area contributed by atoms with Gasteiger partial charge in [-0.05, 0) is 62.1 Å². The van der Waals surface area contributed by atoms with Gasteiger partial charge in [-0.25, -0.2) is 0 Å². The molecule has 5 heteroatoms. The van der Waals surface area contributed by atoms with Crippen molar-refractivity contribution < 1.29 is 18.9 Å². The van der Waals surface area contributed by atoms with Crippen LogP contribution in [0, 0.1) is 5.92 Å². The molecular weight excluding hydrogens is 342 g/mol. The quantitative estimate of drug-likeness (QED) is 0.825. The van der Waals surface area contributed by atoms with Crippen LogP contribution in [0.3, 0.4) is 0 Å². The van der Waals surface area contributed by atoms with E-state index in [2.05, 4.69) is 35.7 Å². The smallest absolute Gasteiger partial charge is 0.231 e. The van der Waals surface area contributed by atoms with E-state index in [4.69, 9.17) is 18.9 Å². The fourth-order valence-electron chi connectivity index (χ4n) is 3.86. The van der Waals surface area contributed by atoms with Gasteiger partial charge >= 0.3 is 0 Å². The van der Waals surface area contributed by atoms with E-state index in [0.29, 0.717) is 25.0 Å². The summed E-state index contributed by atoms with van der Waals surface area (Å²) in [7, 11) is 0. The third-order valence-corrected chi connectivity index (χ3v) is 5.26. The molecule has 2 fully saturated rings. The standard InChI is InChI=1S/C22H27NO4/c1-2-24-18-8-6-16(7-9-18)20-10-11-23-13-17(20)14-25-19-4-3-5-21-22(12-19)27-15-26-21/h4-9,12,17,20,23H,2-3,10-11,13-15H2,1H3/t17-,20-/m0/s1. The average Bonchev–Trinajstić information content (AvgIpc) is 3.05. The van der Waals surface area contributed by atoms with Gasteiger partial charge in [-0.15, -0.1) is 0 Å². The zero-order valence-corrected chi connectivity index (χ0v) is 15.8. The Morgan fingerprint density at radius 3 is 2.78 bits per heavy atom. The van der Waals surface area contributed by atoms with Crippen molar-refractivity contribution in [1.29, 1.82) is 0 Å². The van der Waals surface area contributed by atoms with Crippen LogP contribution in [0.4, 0.5) is 0 Å². The van der Waals surface area contributed by atoms with Crippen LogP contribution in [0.5, 0.6) is 5.75 Å². The van der Waals surface area contributed by atoms with E-state index in [1.807, 2.05) is 19.1 Å². The van der Waals surface area contributed by atoms with Gasteiger partial charge in [0.15, 0.2) is 11.5 Å². The summed E-state index contributed by atoms with van der Waals surface area (Å²) in [5.74, 6) is 4.28. The van der Waals surface area contributed by atoms with Crippen molar-refractivity contribution in [3.05, 3.63) is 65.3 Å². The van der Waals surface area contributed by atoms with Gasteiger partial charge < -0.3 is 24.3 Å². The second kappa shape index (κ2) is 8.53. The Morgan fingerprint density at radius 1 is 1.07 bits per heavy atom. The minimum absolute atomic E-state index is 0.289. The van der Waals surface area contributed by atoms with Gasteiger partial charge in [0.2, 0.25) is 6.79 Å². The molecule has 0 saturated carbocycles. The molecule has 5 nitrogen and oxygen atoms in total. The number of ether oxygens (including phenoxy) is 4. The van der Waals surface area contributed by atoms with Gasteiger partial charge in [0.25, 0.3) is 0 Å². The zero-order chi connectivity index (χ0) is 18.5. The second-order valence-corrected chi connectivity index (χ2v) is 7.00. The lowest BCUT2D eigenvalue weighted by molar-refractivity contribution is 0.0962. The molecule has 1 aliphatic carbocycles. The fourth-order valence-corrected chi connectivity index (χ4v) is 3.86. The summed E-state index contributed by atoms with van der Waals surface area (Å²) in [6.45, 7) is 5.67. The maximum absolute atomic E-state index is 6.18. The third-order valence-electron chi connectivity index (χ3n) is 5.26. The molecular formula is C22H27NO4. The highest BCUT2D eigenvalue weighted by atomic mass is 16.7. The number of fused-ring (bicyclic) bond motifs is 1. The molecule has 27 heavy (non-hydrogen) atoms. The molecule has 0 bridgehead atoms. The molecule has 1 aromatic carbocycles. The fraction of sp³-hybridized carbons (Fsp3) is 0.455. The van der Waals surface area contributed by atoms with Crippen molar-refractivity contribution in [3.63, 3.8) is 0 Å². The molecule has 1 N–H and O–H groups in total. The van der Waals surface area contributed by atoms with Crippen molar-refractivity contribution in [2.75, 3.05) is 33.1 Å². The maximum atomic E-state index is 6.18. The highest BCUT2D eigenvalue weighted by Crippen LogP contribution is 2.33. The number of hydrogen-bond donors (Lipinski definition) is 1. The monoisotopic (exact) mass is 369 g/mol. The Hall–Kier alpha value is -2.40. The molecule has 4 rings (SSSR count). The Balaban J connectivity index is 1.41. The van der Waals surface area contributed by atoms with Crippen LogP contribution in [-0.4, -0.2) is 33.1 Å². The first-order valence-corrected chi connectivity index (χ1v) is 9.77. The van der Waals surface area contributed by atoms with Crippen LogP contribution in [0.15, 0.2) is 59.8 Å². The molecule has 0 radical (unpaired) electrons. The van der Waals surface area contributed by atoms with Gasteiger partial charge in [0.1, 0.15) is 11.5 Å². The van der Waals surface area contributed by atoms with E-state index >= 15 is 0 Å². The number of benzene rings is 1. The summed E-state index contributed by atoms with van der Waals surface area (Å²) < 4.78 is 22.7. The van der Waals surface area contributed by atoms with E-state index in [1.54, 1.807) is 0 Å². The number of rotatable bonds is 6. The van der Waals surface area contributed by atoms with Crippen LogP contribution < -0.4 is 10.1 Å². The number of nitrogens with one attached hydrogen (secondary N) is 1. The SMILES string of the molecule is CCOc1ccc([C@@H]2CCNC[C@H]2COC2=CCC=C3OCOC3=C2)cc1. The first kappa shape index (κ1) is 18.0. The van der Waals surface area contributed by atoms with Gasteiger partial charge in [-0.1, -0.05) is 12.1 Å². The Kier molecular flexibility index (Phi) is 5.68. The lowest BCUT2D eigenvalue weighted by Crippen LogP contribution is -2.37.